The summed E-state index contributed by atoms with van der Waals surface area (Å²) in [5.74, 6) is 1.12. The molecule has 0 radical (unpaired) electrons. The number of nitrogens with one attached hydrogen (secondary N) is 1. The molecule has 106 valence electrons. The van der Waals surface area contributed by atoms with Gasteiger partial charge in [-0.25, -0.2) is 0 Å². The Hall–Kier alpha value is -1.02. The van der Waals surface area contributed by atoms with E-state index in [-0.39, 0.29) is 0 Å². The van der Waals surface area contributed by atoms with E-state index in [0.29, 0.717) is 6.04 Å². The van der Waals surface area contributed by atoms with Gasteiger partial charge in [-0.1, -0.05) is 38.3 Å². The summed E-state index contributed by atoms with van der Waals surface area (Å²) in [7, 11) is 0. The first-order valence-corrected chi connectivity index (χ1v) is 7.70. The first kappa shape index (κ1) is 14.4. The average molecular weight is 261 g/mol. The molecule has 2 rings (SSSR count). The highest BCUT2D eigenvalue weighted by atomic mass is 16.5. The molecule has 1 aliphatic rings. The molecule has 0 bridgehead atoms. The standard InChI is InChI=1S/C17H27NO/c1-4-5-6-7-11-18-16-10-12-19-17-14(3)13(2)8-9-15(16)17/h8-9,16,18H,4-7,10-12H2,1-3H3. The molecule has 1 aromatic carbocycles. The van der Waals surface area contributed by atoms with Crippen molar-refractivity contribution in [3.05, 3.63) is 28.8 Å². The second kappa shape index (κ2) is 6.95. The number of rotatable bonds is 6. The summed E-state index contributed by atoms with van der Waals surface area (Å²) in [6.45, 7) is 8.53. The lowest BCUT2D eigenvalue weighted by molar-refractivity contribution is 0.250. The van der Waals surface area contributed by atoms with Crippen molar-refractivity contribution in [1.82, 2.24) is 5.32 Å². The van der Waals surface area contributed by atoms with Gasteiger partial charge in [-0.2, -0.15) is 0 Å². The Morgan fingerprint density at radius 2 is 2.05 bits per heavy atom. The molecule has 2 heteroatoms. The van der Waals surface area contributed by atoms with Crippen molar-refractivity contribution in [3.63, 3.8) is 0 Å². The van der Waals surface area contributed by atoms with Crippen LogP contribution in [0.1, 0.15) is 61.8 Å². The van der Waals surface area contributed by atoms with Crippen LogP contribution in [0.4, 0.5) is 0 Å². The van der Waals surface area contributed by atoms with Gasteiger partial charge in [-0.05, 0) is 37.9 Å². The monoisotopic (exact) mass is 261 g/mol. The second-order valence-electron chi connectivity index (χ2n) is 5.63. The highest BCUT2D eigenvalue weighted by Gasteiger charge is 2.22. The molecule has 0 aliphatic carbocycles. The third-order valence-corrected chi connectivity index (χ3v) is 4.16. The van der Waals surface area contributed by atoms with E-state index in [4.69, 9.17) is 4.74 Å². The van der Waals surface area contributed by atoms with Crippen LogP contribution in [0.3, 0.4) is 0 Å². The summed E-state index contributed by atoms with van der Waals surface area (Å²) in [6, 6.07) is 4.93. The quantitative estimate of drug-likeness (QED) is 0.771. The van der Waals surface area contributed by atoms with E-state index < -0.39 is 0 Å². The average Bonchev–Trinajstić information content (AvgIpc) is 2.43. The molecule has 1 atom stereocenters. The van der Waals surface area contributed by atoms with Gasteiger partial charge in [-0.15, -0.1) is 0 Å². The summed E-state index contributed by atoms with van der Waals surface area (Å²) in [5.41, 5.74) is 3.97. The van der Waals surface area contributed by atoms with E-state index in [1.165, 1.54) is 42.4 Å². The van der Waals surface area contributed by atoms with Gasteiger partial charge in [0, 0.05) is 18.0 Å². The van der Waals surface area contributed by atoms with Gasteiger partial charge in [0.05, 0.1) is 6.61 Å². The fraction of sp³-hybridized carbons (Fsp3) is 0.647. The van der Waals surface area contributed by atoms with Gasteiger partial charge >= 0.3 is 0 Å². The maximum absolute atomic E-state index is 5.87. The molecule has 1 N–H and O–H groups in total. The number of ether oxygens (including phenoxy) is 1. The number of unbranched alkanes of at least 4 members (excludes halogenated alkanes) is 3. The second-order valence-corrected chi connectivity index (χ2v) is 5.63. The Labute approximate surface area is 117 Å². The first-order chi connectivity index (χ1) is 9.24. The van der Waals surface area contributed by atoms with Crippen LogP contribution in [0.25, 0.3) is 0 Å². The van der Waals surface area contributed by atoms with Crippen molar-refractivity contribution >= 4 is 0 Å². The van der Waals surface area contributed by atoms with Gasteiger partial charge in [0.2, 0.25) is 0 Å². The number of hydrogen-bond acceptors (Lipinski definition) is 2. The lowest BCUT2D eigenvalue weighted by atomic mass is 9.95. The van der Waals surface area contributed by atoms with Crippen molar-refractivity contribution in [2.45, 2.75) is 58.9 Å². The molecule has 0 amide bonds. The first-order valence-electron chi connectivity index (χ1n) is 7.70. The number of benzene rings is 1. The topological polar surface area (TPSA) is 21.3 Å². The minimum Gasteiger partial charge on any atom is -0.493 e. The molecule has 1 aromatic rings. The molecule has 1 aliphatic heterocycles. The molecule has 19 heavy (non-hydrogen) atoms. The van der Waals surface area contributed by atoms with Gasteiger partial charge in [0.25, 0.3) is 0 Å². The fourth-order valence-corrected chi connectivity index (χ4v) is 2.75. The van der Waals surface area contributed by atoms with E-state index in [1.807, 2.05) is 0 Å². The van der Waals surface area contributed by atoms with Crippen LogP contribution >= 0.6 is 0 Å². The predicted octanol–water partition coefficient (Wildman–Crippen LogP) is 4.30. The summed E-state index contributed by atoms with van der Waals surface area (Å²) < 4.78 is 5.87. The lowest BCUT2D eigenvalue weighted by Crippen LogP contribution is -2.28. The molecule has 1 heterocycles. The van der Waals surface area contributed by atoms with Gasteiger partial charge in [0.15, 0.2) is 0 Å². The summed E-state index contributed by atoms with van der Waals surface area (Å²) in [4.78, 5) is 0. The highest BCUT2D eigenvalue weighted by Crippen LogP contribution is 2.36. The van der Waals surface area contributed by atoms with Crippen molar-refractivity contribution in [2.24, 2.45) is 0 Å². The number of aryl methyl sites for hydroxylation is 1. The van der Waals surface area contributed by atoms with Crippen LogP contribution in [-0.4, -0.2) is 13.2 Å². The van der Waals surface area contributed by atoms with Crippen LogP contribution in [0.15, 0.2) is 12.1 Å². The van der Waals surface area contributed by atoms with Gasteiger partial charge in [-0.3, -0.25) is 0 Å². The van der Waals surface area contributed by atoms with Gasteiger partial charge < -0.3 is 10.1 Å². The van der Waals surface area contributed by atoms with E-state index in [1.54, 1.807) is 0 Å². The Morgan fingerprint density at radius 3 is 2.84 bits per heavy atom. The minimum atomic E-state index is 0.477. The molecule has 0 aromatic heterocycles. The fourth-order valence-electron chi connectivity index (χ4n) is 2.75. The Morgan fingerprint density at radius 1 is 1.21 bits per heavy atom. The maximum Gasteiger partial charge on any atom is 0.127 e. The van der Waals surface area contributed by atoms with Gasteiger partial charge in [0.1, 0.15) is 5.75 Å². The lowest BCUT2D eigenvalue weighted by Gasteiger charge is -2.28. The SMILES string of the molecule is CCCCCCNC1CCOc2c1ccc(C)c2C. The largest absolute Gasteiger partial charge is 0.493 e. The summed E-state index contributed by atoms with van der Waals surface area (Å²) >= 11 is 0. The van der Waals surface area contributed by atoms with E-state index >= 15 is 0 Å². The molecule has 0 saturated heterocycles. The van der Waals surface area contributed by atoms with Crippen molar-refractivity contribution in [2.75, 3.05) is 13.2 Å². The Bertz CT molecular complexity index is 414. The van der Waals surface area contributed by atoms with Crippen LogP contribution < -0.4 is 10.1 Å². The maximum atomic E-state index is 5.87. The smallest absolute Gasteiger partial charge is 0.127 e. The zero-order valence-electron chi connectivity index (χ0n) is 12.6. The summed E-state index contributed by atoms with van der Waals surface area (Å²) in [5, 5.41) is 3.70. The molecule has 1 unspecified atom stereocenters. The van der Waals surface area contributed by atoms with E-state index in [9.17, 15) is 0 Å². The molecular weight excluding hydrogens is 234 g/mol. The van der Waals surface area contributed by atoms with Crippen LogP contribution in [0.5, 0.6) is 5.75 Å². The third kappa shape index (κ3) is 3.50. The predicted molar refractivity (Wildman–Crippen MR) is 80.9 cm³/mol. The zero-order chi connectivity index (χ0) is 13.7. The zero-order valence-corrected chi connectivity index (χ0v) is 12.6. The van der Waals surface area contributed by atoms with E-state index in [2.05, 4.69) is 38.2 Å². The molecule has 0 saturated carbocycles. The number of hydrogen-bond donors (Lipinski definition) is 1. The Kier molecular flexibility index (Phi) is 5.26. The van der Waals surface area contributed by atoms with Crippen LogP contribution in [-0.2, 0) is 0 Å². The van der Waals surface area contributed by atoms with Crippen molar-refractivity contribution in [3.8, 4) is 5.75 Å². The van der Waals surface area contributed by atoms with E-state index in [0.717, 1.165) is 25.3 Å². The van der Waals surface area contributed by atoms with Crippen LogP contribution in [0, 0.1) is 13.8 Å². The molecule has 0 fully saturated rings. The normalized spacial score (nSPS) is 17.9. The highest BCUT2D eigenvalue weighted by molar-refractivity contribution is 5.47. The third-order valence-electron chi connectivity index (χ3n) is 4.16. The Balaban J connectivity index is 1.96. The molecular formula is C17H27NO. The van der Waals surface area contributed by atoms with Crippen molar-refractivity contribution < 1.29 is 4.74 Å². The summed E-state index contributed by atoms with van der Waals surface area (Å²) in [6.07, 6.45) is 6.37. The van der Waals surface area contributed by atoms with Crippen molar-refractivity contribution in [1.29, 1.82) is 0 Å². The number of fused-ring (bicyclic) bond motifs is 1. The minimum absolute atomic E-state index is 0.477. The van der Waals surface area contributed by atoms with Crippen LogP contribution in [0.2, 0.25) is 0 Å². The molecule has 0 spiro atoms. The molecule has 2 nitrogen and oxygen atoms in total.